The lowest BCUT2D eigenvalue weighted by atomic mass is 10.2. The second-order valence-electron chi connectivity index (χ2n) is 3.91. The highest BCUT2D eigenvalue weighted by atomic mass is 35.7. The molecule has 0 unspecified atom stereocenters. The standard InChI is InChI=1S/C11H11Cl2NO6S/c1-7(5-12)6-20-9-3-8(14(15)16)4-10(11(9)19-2)21(13,17)18/h3-5H,6H2,1-2H3/b7-5+. The van der Waals surface area contributed by atoms with Crippen LogP contribution in [0.3, 0.4) is 0 Å². The smallest absolute Gasteiger partial charge is 0.274 e. The van der Waals surface area contributed by atoms with E-state index in [1.165, 1.54) is 12.6 Å². The number of non-ortho nitro benzene ring substituents is 1. The van der Waals surface area contributed by atoms with Crippen molar-refractivity contribution in [2.45, 2.75) is 11.8 Å². The summed E-state index contributed by atoms with van der Waals surface area (Å²) in [6.07, 6.45) is 0. The number of hydrogen-bond donors (Lipinski definition) is 0. The van der Waals surface area contributed by atoms with Crippen LogP contribution < -0.4 is 9.47 Å². The van der Waals surface area contributed by atoms with Gasteiger partial charge in [0, 0.05) is 22.3 Å². The van der Waals surface area contributed by atoms with Crippen molar-refractivity contribution in [3.8, 4) is 11.5 Å². The maximum atomic E-state index is 11.5. The SMILES string of the molecule is COc1c(OC/C(C)=C/Cl)cc([N+](=O)[O-])cc1S(=O)(=O)Cl. The Morgan fingerprint density at radius 3 is 2.52 bits per heavy atom. The molecule has 116 valence electrons. The van der Waals surface area contributed by atoms with Crippen LogP contribution in [-0.2, 0) is 9.05 Å². The predicted molar refractivity (Wildman–Crippen MR) is 77.8 cm³/mol. The van der Waals surface area contributed by atoms with E-state index in [0.29, 0.717) is 5.57 Å². The van der Waals surface area contributed by atoms with Gasteiger partial charge in [0.15, 0.2) is 11.5 Å². The van der Waals surface area contributed by atoms with Crippen molar-refractivity contribution in [2.24, 2.45) is 0 Å². The summed E-state index contributed by atoms with van der Waals surface area (Å²) in [4.78, 5) is 9.56. The molecular weight excluding hydrogens is 345 g/mol. The topological polar surface area (TPSA) is 95.7 Å². The third-order valence-electron chi connectivity index (χ3n) is 2.32. The first kappa shape index (κ1) is 17.5. The van der Waals surface area contributed by atoms with E-state index in [-0.39, 0.29) is 18.1 Å². The number of ether oxygens (including phenoxy) is 2. The summed E-state index contributed by atoms with van der Waals surface area (Å²) in [6.45, 7) is 1.67. The summed E-state index contributed by atoms with van der Waals surface area (Å²) in [5.41, 5.74) is 1.40. The van der Waals surface area contributed by atoms with E-state index in [0.717, 1.165) is 12.1 Å². The molecule has 0 fully saturated rings. The quantitative estimate of drug-likeness (QED) is 0.442. The van der Waals surface area contributed by atoms with Crippen LogP contribution in [0.15, 0.2) is 28.1 Å². The highest BCUT2D eigenvalue weighted by molar-refractivity contribution is 8.13. The fourth-order valence-electron chi connectivity index (χ4n) is 1.38. The van der Waals surface area contributed by atoms with E-state index in [4.69, 9.17) is 31.8 Å². The normalized spacial score (nSPS) is 12.1. The van der Waals surface area contributed by atoms with Gasteiger partial charge in [-0.3, -0.25) is 10.1 Å². The van der Waals surface area contributed by atoms with Crippen LogP contribution in [0.25, 0.3) is 0 Å². The minimum Gasteiger partial charge on any atom is -0.492 e. The van der Waals surface area contributed by atoms with Crippen LogP contribution in [0, 0.1) is 10.1 Å². The summed E-state index contributed by atoms with van der Waals surface area (Å²) < 4.78 is 33.3. The molecule has 0 aliphatic heterocycles. The highest BCUT2D eigenvalue weighted by Gasteiger charge is 2.26. The van der Waals surface area contributed by atoms with Gasteiger partial charge in [-0.2, -0.15) is 0 Å². The molecule has 0 aliphatic rings. The average Bonchev–Trinajstić information content (AvgIpc) is 2.42. The summed E-state index contributed by atoms with van der Waals surface area (Å²) in [5.74, 6) is -0.332. The van der Waals surface area contributed by atoms with E-state index in [1.54, 1.807) is 6.92 Å². The van der Waals surface area contributed by atoms with Gasteiger partial charge in [0.25, 0.3) is 14.7 Å². The van der Waals surface area contributed by atoms with Gasteiger partial charge < -0.3 is 9.47 Å². The first-order chi connectivity index (χ1) is 9.70. The first-order valence-corrected chi connectivity index (χ1v) is 8.15. The average molecular weight is 356 g/mol. The van der Waals surface area contributed by atoms with E-state index in [2.05, 4.69) is 0 Å². The third-order valence-corrected chi connectivity index (χ3v) is 4.02. The maximum Gasteiger partial charge on any atom is 0.274 e. The molecule has 21 heavy (non-hydrogen) atoms. The van der Waals surface area contributed by atoms with Gasteiger partial charge in [0.05, 0.1) is 18.1 Å². The predicted octanol–water partition coefficient (Wildman–Crippen LogP) is 3.05. The lowest BCUT2D eigenvalue weighted by molar-refractivity contribution is -0.385. The molecule has 0 aromatic heterocycles. The number of methoxy groups -OCH3 is 1. The summed E-state index contributed by atoms with van der Waals surface area (Å²) in [6, 6.07) is 1.85. The molecule has 0 spiro atoms. The molecule has 0 saturated heterocycles. The minimum atomic E-state index is -4.25. The maximum absolute atomic E-state index is 11.5. The Balaban J connectivity index is 3.46. The molecular formula is C11H11Cl2NO6S. The van der Waals surface area contributed by atoms with Crippen molar-refractivity contribution >= 4 is 37.0 Å². The van der Waals surface area contributed by atoms with Crippen molar-refractivity contribution in [1.29, 1.82) is 0 Å². The molecule has 0 heterocycles. The Bertz CT molecular complexity index is 686. The van der Waals surface area contributed by atoms with Crippen molar-refractivity contribution < 1.29 is 22.8 Å². The first-order valence-electron chi connectivity index (χ1n) is 5.40. The van der Waals surface area contributed by atoms with Crippen LogP contribution in [0.2, 0.25) is 0 Å². The van der Waals surface area contributed by atoms with Crippen LogP contribution >= 0.6 is 22.3 Å². The van der Waals surface area contributed by atoms with Gasteiger partial charge in [-0.05, 0) is 12.5 Å². The van der Waals surface area contributed by atoms with Gasteiger partial charge in [-0.25, -0.2) is 8.42 Å². The Morgan fingerprint density at radius 2 is 2.10 bits per heavy atom. The summed E-state index contributed by atoms with van der Waals surface area (Å²) in [5, 5.41) is 10.9. The molecule has 1 rings (SSSR count). The number of hydrogen-bond acceptors (Lipinski definition) is 6. The zero-order valence-electron chi connectivity index (χ0n) is 11.0. The molecule has 0 radical (unpaired) electrons. The summed E-state index contributed by atoms with van der Waals surface area (Å²) in [7, 11) is 2.21. The zero-order valence-corrected chi connectivity index (χ0v) is 13.3. The van der Waals surface area contributed by atoms with Crippen molar-refractivity contribution in [1.82, 2.24) is 0 Å². The third kappa shape index (κ3) is 4.48. The number of nitro groups is 1. The largest absolute Gasteiger partial charge is 0.492 e. The Morgan fingerprint density at radius 1 is 1.48 bits per heavy atom. The minimum absolute atomic E-state index is 0.00278. The monoisotopic (exact) mass is 355 g/mol. The molecule has 0 saturated carbocycles. The molecule has 1 aromatic rings. The fraction of sp³-hybridized carbons (Fsp3) is 0.273. The molecule has 0 amide bonds. The molecule has 7 nitrogen and oxygen atoms in total. The Kier molecular flexibility index (Phi) is 5.82. The van der Waals surface area contributed by atoms with Crippen LogP contribution in [0.1, 0.15) is 6.92 Å². The van der Waals surface area contributed by atoms with Crippen molar-refractivity contribution in [3.63, 3.8) is 0 Å². The lowest BCUT2D eigenvalue weighted by Crippen LogP contribution is -2.05. The van der Waals surface area contributed by atoms with E-state index < -0.39 is 24.6 Å². The van der Waals surface area contributed by atoms with E-state index in [1.807, 2.05) is 0 Å². The summed E-state index contributed by atoms with van der Waals surface area (Å²) >= 11 is 5.48. The van der Waals surface area contributed by atoms with Gasteiger partial charge in [-0.1, -0.05) is 11.6 Å². The number of nitrogens with zero attached hydrogens (tertiary/aromatic N) is 1. The fourth-order valence-corrected chi connectivity index (χ4v) is 2.45. The number of nitro benzene ring substituents is 1. The number of benzene rings is 1. The van der Waals surface area contributed by atoms with E-state index >= 15 is 0 Å². The van der Waals surface area contributed by atoms with Crippen molar-refractivity contribution in [3.05, 3.63) is 33.4 Å². The van der Waals surface area contributed by atoms with E-state index in [9.17, 15) is 18.5 Å². The molecule has 0 aliphatic carbocycles. The highest BCUT2D eigenvalue weighted by Crippen LogP contribution is 2.39. The second kappa shape index (κ2) is 6.97. The molecule has 0 N–H and O–H groups in total. The van der Waals surface area contributed by atoms with Crippen LogP contribution in [0.5, 0.6) is 11.5 Å². The van der Waals surface area contributed by atoms with Gasteiger partial charge in [0.2, 0.25) is 0 Å². The molecule has 0 bridgehead atoms. The van der Waals surface area contributed by atoms with Crippen molar-refractivity contribution in [2.75, 3.05) is 13.7 Å². The Hall–Kier alpha value is -1.51. The van der Waals surface area contributed by atoms with Gasteiger partial charge in [0.1, 0.15) is 11.5 Å². The van der Waals surface area contributed by atoms with Crippen LogP contribution in [-0.4, -0.2) is 27.1 Å². The lowest BCUT2D eigenvalue weighted by Gasteiger charge is -2.13. The Labute approximate surface area is 130 Å². The zero-order chi connectivity index (χ0) is 16.2. The van der Waals surface area contributed by atoms with Crippen LogP contribution in [0.4, 0.5) is 5.69 Å². The molecule has 1 aromatic carbocycles. The van der Waals surface area contributed by atoms with Gasteiger partial charge in [-0.15, -0.1) is 0 Å². The molecule has 0 atom stereocenters. The van der Waals surface area contributed by atoms with Gasteiger partial charge >= 0.3 is 0 Å². The number of rotatable bonds is 6. The molecule has 10 heteroatoms. The second-order valence-corrected chi connectivity index (χ2v) is 6.67. The number of halogens is 2.